The average molecular weight is 223 g/mol. The molecule has 0 saturated carbocycles. The van der Waals surface area contributed by atoms with Crippen LogP contribution in [0.15, 0.2) is 0 Å². The maximum absolute atomic E-state index is 8.89. The van der Waals surface area contributed by atoms with Crippen LogP contribution in [0.4, 0.5) is 0 Å². The molecule has 0 aliphatic carbocycles. The Kier molecular flexibility index (Phi) is 5.24. The van der Waals surface area contributed by atoms with Gasteiger partial charge in [-0.25, -0.2) is 0 Å². The maximum atomic E-state index is 8.89. The van der Waals surface area contributed by atoms with E-state index in [1.807, 2.05) is 7.05 Å². The first kappa shape index (κ1) is 13.5. The predicted molar refractivity (Wildman–Crippen MR) is 67.1 cm³/mol. The minimum atomic E-state index is -0.000242. The van der Waals surface area contributed by atoms with E-state index < -0.39 is 0 Å². The Morgan fingerprint density at radius 3 is 2.69 bits per heavy atom. The topological polar surface area (TPSA) is 39.1 Å². The molecule has 0 aromatic rings. The standard InChI is InChI=1S/C13H25N3/c1-10-7-11(2)12(3)16(9-10)6-5-13(8-14)15-4/h10-13,15H,5-7,9H2,1-4H3. The molecule has 0 spiro atoms. The summed E-state index contributed by atoms with van der Waals surface area (Å²) in [5.41, 5.74) is 0. The molecule has 1 fully saturated rings. The van der Waals surface area contributed by atoms with Gasteiger partial charge in [-0.05, 0) is 38.6 Å². The molecule has 3 nitrogen and oxygen atoms in total. The Bertz CT molecular complexity index is 246. The van der Waals surface area contributed by atoms with Gasteiger partial charge in [-0.1, -0.05) is 13.8 Å². The second-order valence-corrected chi connectivity index (χ2v) is 5.31. The van der Waals surface area contributed by atoms with E-state index in [1.165, 1.54) is 13.0 Å². The van der Waals surface area contributed by atoms with Crippen molar-refractivity contribution in [1.29, 1.82) is 5.26 Å². The third-order valence-electron chi connectivity index (χ3n) is 3.93. The van der Waals surface area contributed by atoms with Crippen LogP contribution in [0.3, 0.4) is 0 Å². The molecule has 4 unspecified atom stereocenters. The van der Waals surface area contributed by atoms with Crippen molar-refractivity contribution in [3.05, 3.63) is 0 Å². The van der Waals surface area contributed by atoms with Crippen LogP contribution in [0.1, 0.15) is 33.6 Å². The highest BCUT2D eigenvalue weighted by Crippen LogP contribution is 2.26. The number of hydrogen-bond acceptors (Lipinski definition) is 3. The van der Waals surface area contributed by atoms with Crippen LogP contribution in [0.25, 0.3) is 0 Å². The molecule has 0 amide bonds. The SMILES string of the molecule is CNC(C#N)CCN1CC(C)CC(C)C1C. The number of rotatable bonds is 4. The molecule has 16 heavy (non-hydrogen) atoms. The second-order valence-electron chi connectivity index (χ2n) is 5.31. The smallest absolute Gasteiger partial charge is 0.0962 e. The summed E-state index contributed by atoms with van der Waals surface area (Å²) >= 11 is 0. The van der Waals surface area contributed by atoms with Gasteiger partial charge in [-0.15, -0.1) is 0 Å². The van der Waals surface area contributed by atoms with Gasteiger partial charge in [0, 0.05) is 19.1 Å². The van der Waals surface area contributed by atoms with Crippen molar-refractivity contribution in [2.24, 2.45) is 11.8 Å². The van der Waals surface area contributed by atoms with Crippen molar-refractivity contribution >= 4 is 0 Å². The normalized spacial score (nSPS) is 33.3. The van der Waals surface area contributed by atoms with Gasteiger partial charge in [-0.2, -0.15) is 5.26 Å². The Morgan fingerprint density at radius 1 is 1.44 bits per heavy atom. The van der Waals surface area contributed by atoms with Gasteiger partial charge in [0.15, 0.2) is 0 Å². The molecule has 1 aliphatic heterocycles. The van der Waals surface area contributed by atoms with Gasteiger partial charge < -0.3 is 10.2 Å². The molecule has 1 N–H and O–H groups in total. The van der Waals surface area contributed by atoms with E-state index in [1.54, 1.807) is 0 Å². The fourth-order valence-electron chi connectivity index (χ4n) is 2.70. The number of piperidine rings is 1. The molecule has 1 aliphatic rings. The van der Waals surface area contributed by atoms with Crippen LogP contribution < -0.4 is 5.32 Å². The molecule has 0 aromatic carbocycles. The quantitative estimate of drug-likeness (QED) is 0.790. The lowest BCUT2D eigenvalue weighted by Gasteiger charge is -2.41. The zero-order chi connectivity index (χ0) is 12.1. The van der Waals surface area contributed by atoms with Gasteiger partial charge >= 0.3 is 0 Å². The number of likely N-dealkylation sites (tertiary alicyclic amines) is 1. The molecule has 0 aromatic heterocycles. The fraction of sp³-hybridized carbons (Fsp3) is 0.923. The van der Waals surface area contributed by atoms with Gasteiger partial charge in [0.2, 0.25) is 0 Å². The Hall–Kier alpha value is -0.590. The van der Waals surface area contributed by atoms with Crippen molar-refractivity contribution in [3.63, 3.8) is 0 Å². The van der Waals surface area contributed by atoms with Crippen molar-refractivity contribution in [1.82, 2.24) is 10.2 Å². The highest BCUT2D eigenvalue weighted by Gasteiger charge is 2.28. The number of hydrogen-bond donors (Lipinski definition) is 1. The molecule has 3 heteroatoms. The van der Waals surface area contributed by atoms with E-state index in [0.717, 1.165) is 24.8 Å². The highest BCUT2D eigenvalue weighted by atomic mass is 15.2. The molecule has 1 saturated heterocycles. The first-order chi connectivity index (χ1) is 7.58. The van der Waals surface area contributed by atoms with Crippen LogP contribution in [0.5, 0.6) is 0 Å². The monoisotopic (exact) mass is 223 g/mol. The lowest BCUT2D eigenvalue weighted by molar-refractivity contribution is 0.0775. The third-order valence-corrected chi connectivity index (χ3v) is 3.93. The molecule has 4 atom stereocenters. The van der Waals surface area contributed by atoms with E-state index in [4.69, 9.17) is 5.26 Å². The van der Waals surface area contributed by atoms with E-state index >= 15 is 0 Å². The van der Waals surface area contributed by atoms with Crippen LogP contribution in [0.2, 0.25) is 0 Å². The Balaban J connectivity index is 2.43. The summed E-state index contributed by atoms with van der Waals surface area (Å²) in [6, 6.07) is 2.95. The predicted octanol–water partition coefficient (Wildman–Crippen LogP) is 1.85. The summed E-state index contributed by atoms with van der Waals surface area (Å²) in [6.45, 7) is 9.21. The van der Waals surface area contributed by atoms with Crippen molar-refractivity contribution < 1.29 is 0 Å². The van der Waals surface area contributed by atoms with Crippen LogP contribution in [-0.4, -0.2) is 37.1 Å². The number of nitriles is 1. The maximum Gasteiger partial charge on any atom is 0.0962 e. The highest BCUT2D eigenvalue weighted by molar-refractivity contribution is 4.90. The molecule has 92 valence electrons. The molecular weight excluding hydrogens is 198 g/mol. The van der Waals surface area contributed by atoms with Gasteiger partial charge in [0.05, 0.1) is 12.1 Å². The number of nitrogens with one attached hydrogen (secondary N) is 1. The molecular formula is C13H25N3. The summed E-state index contributed by atoms with van der Waals surface area (Å²) in [6.07, 6.45) is 2.27. The first-order valence-corrected chi connectivity index (χ1v) is 6.39. The van der Waals surface area contributed by atoms with Crippen LogP contribution in [-0.2, 0) is 0 Å². The van der Waals surface area contributed by atoms with E-state index in [9.17, 15) is 0 Å². The lowest BCUT2D eigenvalue weighted by Crippen LogP contribution is -2.47. The third kappa shape index (κ3) is 3.47. The molecule has 0 bridgehead atoms. The van der Waals surface area contributed by atoms with Crippen molar-refractivity contribution in [3.8, 4) is 6.07 Å². The Labute approximate surface area is 99.8 Å². The average Bonchev–Trinajstić information content (AvgIpc) is 2.26. The van der Waals surface area contributed by atoms with E-state index in [0.29, 0.717) is 6.04 Å². The van der Waals surface area contributed by atoms with Gasteiger partial charge in [0.25, 0.3) is 0 Å². The zero-order valence-electron chi connectivity index (χ0n) is 11.0. The lowest BCUT2D eigenvalue weighted by atomic mass is 9.86. The summed E-state index contributed by atoms with van der Waals surface area (Å²) in [5, 5.41) is 11.9. The minimum absolute atomic E-state index is 0.000242. The van der Waals surface area contributed by atoms with Crippen LogP contribution >= 0.6 is 0 Å². The first-order valence-electron chi connectivity index (χ1n) is 6.39. The minimum Gasteiger partial charge on any atom is -0.305 e. The van der Waals surface area contributed by atoms with Crippen molar-refractivity contribution in [2.75, 3.05) is 20.1 Å². The van der Waals surface area contributed by atoms with Gasteiger partial charge in [-0.3, -0.25) is 0 Å². The fourth-order valence-corrected chi connectivity index (χ4v) is 2.70. The van der Waals surface area contributed by atoms with E-state index in [2.05, 4.69) is 37.1 Å². The van der Waals surface area contributed by atoms with Gasteiger partial charge in [0.1, 0.15) is 0 Å². The second kappa shape index (κ2) is 6.22. The summed E-state index contributed by atoms with van der Waals surface area (Å²) < 4.78 is 0. The number of nitrogens with zero attached hydrogens (tertiary/aromatic N) is 2. The van der Waals surface area contributed by atoms with E-state index in [-0.39, 0.29) is 6.04 Å². The summed E-state index contributed by atoms with van der Waals surface area (Å²) in [5.74, 6) is 1.57. The Morgan fingerprint density at radius 2 is 2.12 bits per heavy atom. The molecule has 0 radical (unpaired) electrons. The van der Waals surface area contributed by atoms with Crippen LogP contribution in [0, 0.1) is 23.2 Å². The zero-order valence-corrected chi connectivity index (χ0v) is 11.0. The summed E-state index contributed by atoms with van der Waals surface area (Å²) in [4.78, 5) is 2.54. The van der Waals surface area contributed by atoms with Crippen molar-refractivity contribution in [2.45, 2.75) is 45.7 Å². The summed E-state index contributed by atoms with van der Waals surface area (Å²) in [7, 11) is 1.86. The molecule has 1 heterocycles. The largest absolute Gasteiger partial charge is 0.305 e. The molecule has 1 rings (SSSR count).